The number of aliphatic hydroxyl groups is 2. The summed E-state index contributed by atoms with van der Waals surface area (Å²) in [5.41, 5.74) is 4.57. The van der Waals surface area contributed by atoms with Gasteiger partial charge in [-0.1, -0.05) is 0 Å². The number of phenolic OH excluding ortho intramolecular Hbond substituents is 1. The van der Waals surface area contributed by atoms with Gasteiger partial charge in [0, 0.05) is 36.8 Å². The monoisotopic (exact) mass is 545 g/mol. The number of carbonyl (C=O) groups is 3. The van der Waals surface area contributed by atoms with Crippen LogP contribution in [0.3, 0.4) is 0 Å². The fraction of sp³-hybridized carbons (Fsp3) is 0.458. The molecule has 3 aliphatic carbocycles. The average molecular weight is 545 g/mol. The molecule has 0 radical (unpaired) electrons. The molecule has 1 aromatic rings. The third-order valence-electron chi connectivity index (χ3n) is 7.31. The van der Waals surface area contributed by atoms with Crippen LogP contribution in [0.1, 0.15) is 34.3 Å². The fourth-order valence-corrected chi connectivity index (χ4v) is 5.58. The van der Waals surface area contributed by atoms with Crippen molar-refractivity contribution < 1.29 is 51.7 Å². The van der Waals surface area contributed by atoms with Crippen molar-refractivity contribution in [2.24, 2.45) is 23.5 Å². The molecular formula is C24H24F5N3O6. The molecule has 0 fully saturated rings. The number of Topliss-reactive ketones (excluding diaryl/α,β-unsaturated/α-hetero) is 2. The van der Waals surface area contributed by atoms with Crippen molar-refractivity contribution in [1.29, 1.82) is 0 Å². The van der Waals surface area contributed by atoms with E-state index in [1.165, 1.54) is 13.1 Å². The molecule has 0 heterocycles. The molecule has 3 unspecified atom stereocenters. The molecule has 206 valence electrons. The highest BCUT2D eigenvalue weighted by Gasteiger charge is 2.57. The summed E-state index contributed by atoms with van der Waals surface area (Å²) in [6.45, 7) is -2.41. The standard InChI is InChI=1S/C24H24F5N3O6/c1-31-12-4-10(6-32-7-23(25,26)24(27,28)29)18(34)16-11(12)3-8-2-9-5-13(33)17(22(30)38)21(37)15(9)19(35)14(8)20(16)36/h4,8-9,15,31-35H,2-3,5-7H2,1H3,(H2,30,38). The summed E-state index contributed by atoms with van der Waals surface area (Å²) in [6, 6.07) is 1.32. The number of hydrogen-bond donors (Lipinski definition) is 6. The lowest BCUT2D eigenvalue weighted by molar-refractivity contribution is -0.279. The van der Waals surface area contributed by atoms with Crippen LogP contribution in [0.2, 0.25) is 0 Å². The maximum atomic E-state index is 13.6. The van der Waals surface area contributed by atoms with Gasteiger partial charge in [-0.05, 0) is 36.3 Å². The number of fused-ring (bicyclic) bond motifs is 3. The van der Waals surface area contributed by atoms with E-state index in [9.17, 15) is 51.7 Å². The van der Waals surface area contributed by atoms with Crippen molar-refractivity contribution in [3.05, 3.63) is 45.4 Å². The molecule has 7 N–H and O–H groups in total. The SMILES string of the molecule is CNc1cc(CNCC(F)(F)C(F)(F)F)c(O)c2c1CC1CC3CC(O)=C(C(N)=O)C(=O)C3C(O)=C1C2=O. The molecular weight excluding hydrogens is 521 g/mol. The number of amides is 1. The molecule has 0 saturated carbocycles. The highest BCUT2D eigenvalue weighted by molar-refractivity contribution is 6.22. The lowest BCUT2D eigenvalue weighted by Gasteiger charge is -2.41. The molecule has 1 aromatic carbocycles. The number of carbonyl (C=O) groups excluding carboxylic acids is 3. The van der Waals surface area contributed by atoms with Crippen LogP contribution in [-0.2, 0) is 22.6 Å². The van der Waals surface area contributed by atoms with Crippen LogP contribution in [0.4, 0.5) is 27.6 Å². The Bertz CT molecular complexity index is 1300. The number of halogens is 5. The number of alkyl halides is 5. The van der Waals surface area contributed by atoms with Crippen molar-refractivity contribution in [3.63, 3.8) is 0 Å². The second-order valence-electron chi connectivity index (χ2n) is 9.60. The van der Waals surface area contributed by atoms with Gasteiger partial charge in [0.2, 0.25) is 0 Å². The second-order valence-corrected chi connectivity index (χ2v) is 9.60. The quantitative estimate of drug-likeness (QED) is 0.181. The zero-order chi connectivity index (χ0) is 28.3. The normalized spacial score (nSPS) is 23.7. The Hall–Kier alpha value is -3.68. The first-order chi connectivity index (χ1) is 17.6. The Morgan fingerprint density at radius 2 is 1.79 bits per heavy atom. The van der Waals surface area contributed by atoms with Gasteiger partial charge in [-0.2, -0.15) is 22.0 Å². The first kappa shape index (κ1) is 27.4. The van der Waals surface area contributed by atoms with E-state index in [1.54, 1.807) is 0 Å². The first-order valence-electron chi connectivity index (χ1n) is 11.5. The molecule has 9 nitrogen and oxygen atoms in total. The smallest absolute Gasteiger partial charge is 0.454 e. The van der Waals surface area contributed by atoms with E-state index in [4.69, 9.17) is 5.73 Å². The maximum Gasteiger partial charge on any atom is 0.454 e. The van der Waals surface area contributed by atoms with Crippen LogP contribution in [0.5, 0.6) is 5.75 Å². The number of rotatable bonds is 6. The summed E-state index contributed by atoms with van der Waals surface area (Å²) in [6.07, 6.45) is -5.62. The number of nitrogens with one attached hydrogen (secondary N) is 2. The van der Waals surface area contributed by atoms with Gasteiger partial charge in [-0.25, -0.2) is 0 Å². The highest BCUT2D eigenvalue weighted by atomic mass is 19.4. The van der Waals surface area contributed by atoms with E-state index in [1.807, 2.05) is 5.32 Å². The van der Waals surface area contributed by atoms with Gasteiger partial charge in [0.05, 0.1) is 18.0 Å². The van der Waals surface area contributed by atoms with Crippen molar-refractivity contribution in [2.45, 2.75) is 37.9 Å². The van der Waals surface area contributed by atoms with E-state index in [0.29, 0.717) is 11.3 Å². The number of phenols is 1. The number of aromatic hydroxyl groups is 1. The third kappa shape index (κ3) is 4.25. The summed E-state index contributed by atoms with van der Waals surface area (Å²) >= 11 is 0. The highest BCUT2D eigenvalue weighted by Crippen LogP contribution is 2.50. The van der Waals surface area contributed by atoms with E-state index < -0.39 is 83.3 Å². The largest absolute Gasteiger partial charge is 0.511 e. The van der Waals surface area contributed by atoms with E-state index in [2.05, 4.69) is 5.32 Å². The molecule has 0 aromatic heterocycles. The van der Waals surface area contributed by atoms with Gasteiger partial charge in [-0.15, -0.1) is 0 Å². The molecule has 3 atom stereocenters. The predicted molar refractivity (Wildman–Crippen MR) is 122 cm³/mol. The van der Waals surface area contributed by atoms with Crippen molar-refractivity contribution in [2.75, 3.05) is 18.9 Å². The summed E-state index contributed by atoms with van der Waals surface area (Å²) in [5.74, 6) is -12.3. The number of aliphatic hydroxyl groups excluding tert-OH is 2. The lowest BCUT2D eigenvalue weighted by Crippen LogP contribution is -2.45. The van der Waals surface area contributed by atoms with Gasteiger partial charge in [0.15, 0.2) is 11.6 Å². The Balaban J connectivity index is 1.72. The van der Waals surface area contributed by atoms with Crippen LogP contribution >= 0.6 is 0 Å². The molecule has 3 aliphatic rings. The van der Waals surface area contributed by atoms with Crippen molar-refractivity contribution in [1.82, 2.24) is 5.32 Å². The Labute approximate surface area is 212 Å². The van der Waals surface area contributed by atoms with Crippen molar-refractivity contribution in [3.8, 4) is 5.75 Å². The number of benzene rings is 1. The van der Waals surface area contributed by atoms with E-state index in [-0.39, 0.29) is 36.0 Å². The minimum absolute atomic E-state index is 0.106. The average Bonchev–Trinajstić information content (AvgIpc) is 2.78. The molecule has 0 bridgehead atoms. The number of allylic oxidation sites excluding steroid dienone is 3. The van der Waals surface area contributed by atoms with Crippen LogP contribution in [0.25, 0.3) is 0 Å². The Morgan fingerprint density at radius 1 is 1.13 bits per heavy atom. The summed E-state index contributed by atoms with van der Waals surface area (Å²) in [7, 11) is 1.49. The fourth-order valence-electron chi connectivity index (χ4n) is 5.58. The summed E-state index contributed by atoms with van der Waals surface area (Å²) in [5, 5.41) is 36.8. The van der Waals surface area contributed by atoms with Crippen LogP contribution in [-0.4, -0.2) is 58.5 Å². The lowest BCUT2D eigenvalue weighted by atomic mass is 9.62. The third-order valence-corrected chi connectivity index (χ3v) is 7.31. The Morgan fingerprint density at radius 3 is 2.37 bits per heavy atom. The minimum atomic E-state index is -5.78. The number of nitrogens with two attached hydrogens (primary N) is 1. The topological polar surface area (TPSA) is 162 Å². The van der Waals surface area contributed by atoms with Gasteiger partial charge in [0.1, 0.15) is 22.8 Å². The molecule has 38 heavy (non-hydrogen) atoms. The molecule has 14 heteroatoms. The molecule has 0 spiro atoms. The number of primary amides is 1. The van der Waals surface area contributed by atoms with Gasteiger partial charge in [-0.3, -0.25) is 14.4 Å². The molecule has 4 rings (SSSR count). The zero-order valence-corrected chi connectivity index (χ0v) is 19.9. The number of ketones is 2. The minimum Gasteiger partial charge on any atom is -0.511 e. The number of hydrogen-bond acceptors (Lipinski definition) is 8. The predicted octanol–water partition coefficient (Wildman–Crippen LogP) is 2.79. The van der Waals surface area contributed by atoms with Crippen LogP contribution in [0.15, 0.2) is 28.7 Å². The zero-order valence-electron chi connectivity index (χ0n) is 19.9. The Kier molecular flexibility index (Phi) is 6.66. The van der Waals surface area contributed by atoms with Crippen LogP contribution < -0.4 is 16.4 Å². The molecule has 1 amide bonds. The van der Waals surface area contributed by atoms with E-state index in [0.717, 1.165) is 0 Å². The number of anilines is 1. The summed E-state index contributed by atoms with van der Waals surface area (Å²) in [4.78, 5) is 38.2. The van der Waals surface area contributed by atoms with Crippen LogP contribution in [0, 0.1) is 17.8 Å². The van der Waals surface area contributed by atoms with Gasteiger partial charge >= 0.3 is 12.1 Å². The van der Waals surface area contributed by atoms with Gasteiger partial charge < -0.3 is 31.7 Å². The summed E-state index contributed by atoms with van der Waals surface area (Å²) < 4.78 is 64.0. The second kappa shape index (κ2) is 9.26. The molecule has 0 aliphatic heterocycles. The van der Waals surface area contributed by atoms with E-state index >= 15 is 0 Å². The van der Waals surface area contributed by atoms with Gasteiger partial charge in [0.25, 0.3) is 5.91 Å². The van der Waals surface area contributed by atoms with Crippen molar-refractivity contribution >= 4 is 23.2 Å². The molecule has 0 saturated heterocycles. The maximum absolute atomic E-state index is 13.6. The first-order valence-corrected chi connectivity index (χ1v) is 11.5.